The fourth-order valence-electron chi connectivity index (χ4n) is 3.15. The highest BCUT2D eigenvalue weighted by atomic mass is 19.1. The van der Waals surface area contributed by atoms with Crippen LogP contribution in [-0.2, 0) is 13.6 Å². The topological polar surface area (TPSA) is 117 Å². The molecule has 9 nitrogen and oxygen atoms in total. The molecule has 4 rings (SSSR count). The molecule has 0 bridgehead atoms. The number of phenols is 1. The van der Waals surface area contributed by atoms with Crippen molar-refractivity contribution < 1.29 is 9.50 Å². The highest BCUT2D eigenvalue weighted by Crippen LogP contribution is 2.18. The van der Waals surface area contributed by atoms with E-state index < -0.39 is 11.2 Å². The van der Waals surface area contributed by atoms with Gasteiger partial charge in [-0.3, -0.25) is 18.9 Å². The fourth-order valence-corrected chi connectivity index (χ4v) is 3.15. The third kappa shape index (κ3) is 3.95. The highest BCUT2D eigenvalue weighted by Gasteiger charge is 2.17. The number of benzene rings is 2. The number of H-pyrrole nitrogens is 1. The third-order valence-corrected chi connectivity index (χ3v) is 4.87. The number of hydrogen-bond donors (Lipinski definition) is 3. The first-order valence-corrected chi connectivity index (χ1v) is 9.37. The molecule has 3 N–H and O–H groups in total. The van der Waals surface area contributed by atoms with Gasteiger partial charge in [-0.2, -0.15) is 10.1 Å². The first kappa shape index (κ1) is 20.1. The van der Waals surface area contributed by atoms with Crippen molar-refractivity contribution in [1.29, 1.82) is 0 Å². The van der Waals surface area contributed by atoms with Crippen LogP contribution in [0.15, 0.2) is 63.2 Å². The van der Waals surface area contributed by atoms with Gasteiger partial charge in [0.05, 0.1) is 12.3 Å². The molecular weight excluding hydrogens is 403 g/mol. The van der Waals surface area contributed by atoms with E-state index in [2.05, 4.69) is 20.5 Å². The number of imidazole rings is 1. The first-order chi connectivity index (χ1) is 14.8. The largest absolute Gasteiger partial charge is 0.508 e. The van der Waals surface area contributed by atoms with Crippen LogP contribution in [0.2, 0.25) is 0 Å². The molecule has 0 aliphatic rings. The van der Waals surface area contributed by atoms with Crippen LogP contribution < -0.4 is 16.7 Å². The van der Waals surface area contributed by atoms with E-state index in [9.17, 15) is 19.1 Å². The number of hydrazone groups is 1. The minimum atomic E-state index is -0.584. The number of aromatic nitrogens is 4. The molecule has 0 aliphatic heterocycles. The molecule has 0 atom stereocenters. The molecule has 10 heteroatoms. The van der Waals surface area contributed by atoms with Crippen LogP contribution in [0, 0.1) is 5.82 Å². The van der Waals surface area contributed by atoms with E-state index >= 15 is 0 Å². The predicted molar refractivity (Wildman–Crippen MR) is 115 cm³/mol. The molecule has 4 aromatic rings. The molecule has 0 amide bonds. The summed E-state index contributed by atoms with van der Waals surface area (Å²) in [5, 5.41) is 13.8. The molecule has 31 heavy (non-hydrogen) atoms. The zero-order valence-corrected chi connectivity index (χ0v) is 16.8. The lowest BCUT2D eigenvalue weighted by Gasteiger charge is -2.09. The average Bonchev–Trinajstić information content (AvgIpc) is 3.11. The molecule has 0 fully saturated rings. The third-order valence-electron chi connectivity index (χ3n) is 4.87. The van der Waals surface area contributed by atoms with Gasteiger partial charge in [0.1, 0.15) is 11.6 Å². The summed E-state index contributed by atoms with van der Waals surface area (Å²) in [5.41, 5.74) is 4.19. The molecule has 0 spiro atoms. The van der Waals surface area contributed by atoms with E-state index in [1.54, 1.807) is 47.9 Å². The number of phenolic OH excluding ortho intramolecular Hbond substituents is 1. The Kier molecular flexibility index (Phi) is 5.12. The molecule has 0 aliphatic carbocycles. The summed E-state index contributed by atoms with van der Waals surface area (Å²) in [6.07, 6.45) is 0. The summed E-state index contributed by atoms with van der Waals surface area (Å²) in [4.78, 5) is 31.2. The second kappa shape index (κ2) is 7.90. The number of fused-ring (bicyclic) bond motifs is 1. The van der Waals surface area contributed by atoms with Gasteiger partial charge >= 0.3 is 5.69 Å². The normalized spacial score (nSPS) is 11.8. The molecule has 0 unspecified atom stereocenters. The Labute approximate surface area is 175 Å². The number of nitrogens with zero attached hydrogens (tertiary/aromatic N) is 4. The molecule has 158 valence electrons. The number of anilines is 1. The molecule has 2 heterocycles. The van der Waals surface area contributed by atoms with E-state index in [4.69, 9.17) is 0 Å². The summed E-state index contributed by atoms with van der Waals surface area (Å²) in [7, 11) is 1.50. The monoisotopic (exact) mass is 422 g/mol. The van der Waals surface area contributed by atoms with Gasteiger partial charge in [0.2, 0.25) is 5.95 Å². The molecule has 2 aromatic carbocycles. The fraction of sp³-hybridized carbons (Fsp3) is 0.143. The van der Waals surface area contributed by atoms with Gasteiger partial charge < -0.3 is 5.11 Å². The van der Waals surface area contributed by atoms with Crippen molar-refractivity contribution >= 4 is 22.8 Å². The second-order valence-electron chi connectivity index (χ2n) is 6.99. The van der Waals surface area contributed by atoms with Gasteiger partial charge in [0, 0.05) is 7.05 Å². The number of aromatic amines is 1. The zero-order valence-electron chi connectivity index (χ0n) is 16.8. The number of aromatic hydroxyl groups is 1. The van der Waals surface area contributed by atoms with Gasteiger partial charge in [-0.25, -0.2) is 14.6 Å². The van der Waals surface area contributed by atoms with Crippen LogP contribution in [0.4, 0.5) is 10.3 Å². The molecule has 0 radical (unpaired) electrons. The lowest BCUT2D eigenvalue weighted by Crippen LogP contribution is -2.29. The van der Waals surface area contributed by atoms with Gasteiger partial charge in [-0.15, -0.1) is 0 Å². The maximum absolute atomic E-state index is 13.3. The summed E-state index contributed by atoms with van der Waals surface area (Å²) in [6.45, 7) is 1.98. The Hall–Kier alpha value is -4.21. The SMILES string of the molecule is CC(=NNc1nc2c(c(=O)[nH]c(=O)n2C)n1Cc1ccc(F)cc1)c1ccc(O)cc1. The Balaban J connectivity index is 1.80. The van der Waals surface area contributed by atoms with Crippen LogP contribution in [0.3, 0.4) is 0 Å². The number of nitrogens with one attached hydrogen (secondary N) is 2. The van der Waals surface area contributed by atoms with Crippen LogP contribution in [0.1, 0.15) is 18.1 Å². The van der Waals surface area contributed by atoms with Crippen molar-refractivity contribution in [3.63, 3.8) is 0 Å². The average molecular weight is 422 g/mol. The summed E-state index contributed by atoms with van der Waals surface area (Å²) >= 11 is 0. The van der Waals surface area contributed by atoms with Crippen LogP contribution in [-0.4, -0.2) is 29.9 Å². The Morgan fingerprint density at radius 2 is 1.84 bits per heavy atom. The van der Waals surface area contributed by atoms with Crippen molar-refractivity contribution in [3.05, 3.63) is 86.3 Å². The van der Waals surface area contributed by atoms with Gasteiger partial charge in [0.25, 0.3) is 5.56 Å². The Bertz CT molecular complexity index is 1400. The highest BCUT2D eigenvalue weighted by molar-refractivity contribution is 5.99. The summed E-state index contributed by atoms with van der Waals surface area (Å²) < 4.78 is 16.1. The van der Waals surface area contributed by atoms with Crippen molar-refractivity contribution in [2.45, 2.75) is 13.5 Å². The van der Waals surface area contributed by atoms with Crippen molar-refractivity contribution in [1.82, 2.24) is 19.1 Å². The van der Waals surface area contributed by atoms with Crippen LogP contribution in [0.25, 0.3) is 11.2 Å². The molecule has 0 saturated carbocycles. The van der Waals surface area contributed by atoms with E-state index in [1.165, 1.54) is 23.7 Å². The van der Waals surface area contributed by atoms with Crippen LogP contribution in [0.5, 0.6) is 5.75 Å². The van der Waals surface area contributed by atoms with E-state index in [0.29, 0.717) is 5.71 Å². The van der Waals surface area contributed by atoms with E-state index in [0.717, 1.165) is 11.1 Å². The van der Waals surface area contributed by atoms with Crippen molar-refractivity contribution in [3.8, 4) is 5.75 Å². The van der Waals surface area contributed by atoms with Crippen molar-refractivity contribution in [2.24, 2.45) is 12.1 Å². The Morgan fingerprint density at radius 3 is 2.52 bits per heavy atom. The van der Waals surface area contributed by atoms with Crippen LogP contribution >= 0.6 is 0 Å². The maximum atomic E-state index is 13.3. The lowest BCUT2D eigenvalue weighted by atomic mass is 10.1. The number of hydrogen-bond acceptors (Lipinski definition) is 6. The number of rotatable bonds is 5. The quantitative estimate of drug-likeness (QED) is 0.337. The van der Waals surface area contributed by atoms with Crippen molar-refractivity contribution in [2.75, 3.05) is 5.43 Å². The predicted octanol–water partition coefficient (Wildman–Crippen LogP) is 2.15. The minimum Gasteiger partial charge on any atom is -0.508 e. The first-order valence-electron chi connectivity index (χ1n) is 9.37. The summed E-state index contributed by atoms with van der Waals surface area (Å²) in [6, 6.07) is 12.4. The molecule has 2 aromatic heterocycles. The second-order valence-corrected chi connectivity index (χ2v) is 6.99. The lowest BCUT2D eigenvalue weighted by molar-refractivity contribution is 0.475. The van der Waals surface area contributed by atoms with Gasteiger partial charge in [0.15, 0.2) is 11.2 Å². The minimum absolute atomic E-state index is 0.144. The van der Waals surface area contributed by atoms with E-state index in [-0.39, 0.29) is 35.2 Å². The van der Waals surface area contributed by atoms with Gasteiger partial charge in [-0.05, 0) is 54.4 Å². The smallest absolute Gasteiger partial charge is 0.329 e. The van der Waals surface area contributed by atoms with E-state index in [1.807, 2.05) is 0 Å². The number of aryl methyl sites for hydroxylation is 1. The molecule has 0 saturated heterocycles. The zero-order chi connectivity index (χ0) is 22.1. The standard InChI is InChI=1S/C21H19FN6O3/c1-12(14-5-9-16(29)10-6-14)25-26-20-23-18-17(19(30)24-21(31)27(18)2)28(20)11-13-3-7-15(22)8-4-13/h3-10,29H,11H2,1-2H3,(H,23,26)(H,24,30,31). The summed E-state index contributed by atoms with van der Waals surface area (Å²) in [5.74, 6) is 0.0156. The molecular formula is C21H19FN6O3. The maximum Gasteiger partial charge on any atom is 0.329 e. The Morgan fingerprint density at radius 1 is 1.16 bits per heavy atom. The van der Waals surface area contributed by atoms with Gasteiger partial charge in [-0.1, -0.05) is 12.1 Å². The number of halogens is 1.